The van der Waals surface area contributed by atoms with Gasteiger partial charge in [0.2, 0.25) is 0 Å². The molecule has 0 aliphatic heterocycles. The van der Waals surface area contributed by atoms with Crippen LogP contribution >= 0.6 is 0 Å². The van der Waals surface area contributed by atoms with Gasteiger partial charge in [0, 0.05) is 0 Å². The molecular formula is C42H40Cl2F6Zr. The topological polar surface area (TPSA) is 0 Å². The van der Waals surface area contributed by atoms with Gasteiger partial charge in [-0.2, -0.15) is 0 Å². The fourth-order valence-electron chi connectivity index (χ4n) is 7.27. The first-order valence-electron chi connectivity index (χ1n) is 16.6. The van der Waals surface area contributed by atoms with E-state index in [1.165, 1.54) is 44.2 Å². The van der Waals surface area contributed by atoms with Crippen molar-refractivity contribution < 1.29 is 72.4 Å². The zero-order valence-corrected chi connectivity index (χ0v) is 33.5. The predicted octanol–water partition coefficient (Wildman–Crippen LogP) is 6.45. The Morgan fingerprint density at radius 3 is 1.39 bits per heavy atom. The molecule has 9 heteroatoms. The molecule has 4 aromatic rings. The van der Waals surface area contributed by atoms with Crippen LogP contribution in [0.15, 0.2) is 106 Å². The maximum absolute atomic E-state index is 13.8. The predicted molar refractivity (Wildman–Crippen MR) is 183 cm³/mol. The third-order valence-corrected chi connectivity index (χ3v) is 18.2. The first-order valence-corrected chi connectivity index (χ1v) is 20.5. The summed E-state index contributed by atoms with van der Waals surface area (Å²) < 4.78 is 85.2. The van der Waals surface area contributed by atoms with E-state index in [9.17, 15) is 26.3 Å². The van der Waals surface area contributed by atoms with Crippen molar-refractivity contribution in [2.45, 2.75) is 64.4 Å². The largest absolute Gasteiger partial charge is 1.00 e. The van der Waals surface area contributed by atoms with Crippen molar-refractivity contribution >= 4 is 3.21 Å². The van der Waals surface area contributed by atoms with Gasteiger partial charge >= 0.3 is 294 Å². The summed E-state index contributed by atoms with van der Waals surface area (Å²) >= 11 is -3.51. The van der Waals surface area contributed by atoms with Crippen LogP contribution < -0.4 is 24.8 Å². The normalized spacial score (nSPS) is 15.6. The molecule has 1 unspecified atom stereocenters. The van der Waals surface area contributed by atoms with Gasteiger partial charge in [-0.1, -0.05) is 0 Å². The van der Waals surface area contributed by atoms with E-state index in [1.54, 1.807) is 0 Å². The zero-order chi connectivity index (χ0) is 35.6. The van der Waals surface area contributed by atoms with Gasteiger partial charge in [0.15, 0.2) is 0 Å². The number of fused-ring (bicyclic) bond motifs is 3. The average molecular weight is 821 g/mol. The summed E-state index contributed by atoms with van der Waals surface area (Å²) in [5.74, 6) is 0.322. The van der Waals surface area contributed by atoms with E-state index < -0.39 is 44.7 Å². The van der Waals surface area contributed by atoms with Crippen molar-refractivity contribution in [1.82, 2.24) is 0 Å². The van der Waals surface area contributed by atoms with Crippen molar-refractivity contribution in [2.75, 3.05) is 0 Å². The third-order valence-electron chi connectivity index (χ3n) is 9.81. The maximum atomic E-state index is 13.8. The Labute approximate surface area is 317 Å². The molecule has 4 aromatic carbocycles. The minimum Gasteiger partial charge on any atom is -1.00 e. The van der Waals surface area contributed by atoms with Crippen LogP contribution in [0.5, 0.6) is 0 Å². The first-order chi connectivity index (χ1) is 22.8. The molecule has 0 heterocycles. The summed E-state index contributed by atoms with van der Waals surface area (Å²) in [6.07, 6.45) is -4.33. The Hall–Kier alpha value is -2.73. The molecule has 0 nitrogen and oxygen atoms in total. The molecule has 0 N–H and O–H groups in total. The van der Waals surface area contributed by atoms with E-state index in [-0.39, 0.29) is 45.7 Å². The van der Waals surface area contributed by atoms with E-state index in [2.05, 4.69) is 97.0 Å². The van der Waals surface area contributed by atoms with Gasteiger partial charge in [0.25, 0.3) is 0 Å². The van der Waals surface area contributed by atoms with Crippen LogP contribution in [0.4, 0.5) is 26.3 Å². The second kappa shape index (κ2) is 15.0. The first kappa shape index (κ1) is 41.0. The number of hydrogen-bond acceptors (Lipinski definition) is 0. The average Bonchev–Trinajstić information content (AvgIpc) is 3.59. The van der Waals surface area contributed by atoms with Crippen LogP contribution in [0.1, 0.15) is 82.8 Å². The summed E-state index contributed by atoms with van der Waals surface area (Å²) in [4.78, 5) is 0. The third kappa shape index (κ3) is 8.11. The van der Waals surface area contributed by atoms with Crippen LogP contribution in [0.25, 0.3) is 11.1 Å². The number of benzene rings is 4. The molecule has 6 rings (SSSR count). The molecule has 0 saturated carbocycles. The molecule has 0 amide bonds. The van der Waals surface area contributed by atoms with Crippen molar-refractivity contribution in [1.29, 1.82) is 0 Å². The summed E-state index contributed by atoms with van der Waals surface area (Å²) in [7, 11) is 0. The van der Waals surface area contributed by atoms with E-state index in [4.69, 9.17) is 0 Å². The van der Waals surface area contributed by atoms with E-state index in [1.807, 2.05) is 0 Å². The molecule has 0 saturated heterocycles. The minimum atomic E-state index is -4.52. The van der Waals surface area contributed by atoms with Crippen LogP contribution in [0.3, 0.4) is 0 Å². The van der Waals surface area contributed by atoms with E-state index in [0.717, 1.165) is 49.7 Å². The molecule has 268 valence electrons. The SMILES string of the molecule is Cc1ccc2c(c1)[CH]([Zr+2]([C]1=CC(C(C)(C)C)=CC1C(C)C)=[C](c1ccc(C(F)(F)F)cc1)c1ccc(C(F)(F)F)cc1)c1cc(C)ccc1-2.[Cl-].[Cl-]. The smallest absolute Gasteiger partial charge is 1.00 e. The van der Waals surface area contributed by atoms with Gasteiger partial charge in [-0.25, -0.2) is 0 Å². The van der Waals surface area contributed by atoms with Gasteiger partial charge in [-0.05, 0) is 0 Å². The minimum absolute atomic E-state index is 0. The Kier molecular flexibility index (Phi) is 12.0. The quantitative estimate of drug-likeness (QED) is 0.204. The molecular weight excluding hydrogens is 781 g/mol. The number of aryl methyl sites for hydroxylation is 2. The van der Waals surface area contributed by atoms with Gasteiger partial charge in [0.1, 0.15) is 0 Å². The molecule has 0 radical (unpaired) electrons. The summed E-state index contributed by atoms with van der Waals surface area (Å²) in [5.41, 5.74) is 7.70. The van der Waals surface area contributed by atoms with Crippen LogP contribution in [0, 0.1) is 31.1 Å². The molecule has 51 heavy (non-hydrogen) atoms. The van der Waals surface area contributed by atoms with Gasteiger partial charge in [0.05, 0.1) is 0 Å². The Balaban J connectivity index is 0.00000292. The van der Waals surface area contributed by atoms with Crippen LogP contribution in [-0.4, -0.2) is 3.21 Å². The van der Waals surface area contributed by atoms with Gasteiger partial charge < -0.3 is 24.8 Å². The molecule has 0 fully saturated rings. The molecule has 0 bridgehead atoms. The summed E-state index contributed by atoms with van der Waals surface area (Å²) in [5, 5.41) is 0. The second-order valence-corrected chi connectivity index (χ2v) is 20.9. The van der Waals surface area contributed by atoms with E-state index in [0.29, 0.717) is 11.1 Å². The number of rotatable bonds is 5. The fraction of sp³-hybridized carbons (Fsp3) is 0.310. The molecule has 0 aromatic heterocycles. The Bertz CT molecular complexity index is 1900. The van der Waals surface area contributed by atoms with Crippen LogP contribution in [-0.2, 0) is 33.6 Å². The summed E-state index contributed by atoms with van der Waals surface area (Å²) in [6.45, 7) is 15.1. The fourth-order valence-corrected chi connectivity index (χ4v) is 17.2. The number of allylic oxidation sites excluding steroid dienone is 4. The standard InChI is InChI=1S/C15H8F6.C15H13.C12H19.2ClH.Zr/c16-14(17,18)12-5-1-10(2-6-12)9-11-3-7-13(8-4-11)15(19,20)21;1-10-3-5-14-12(7-10)9-13-8-11(2)4-6-15(13)14;1-9(2)10-6-7-11(8-10)12(3,4)5;;;/h1-8H;3-9H,1-2H3;7-10H,1-5H3;2*1H;/q;;;;;+2/p-2. The van der Waals surface area contributed by atoms with Crippen molar-refractivity contribution in [3.8, 4) is 11.1 Å². The second-order valence-electron chi connectivity index (χ2n) is 14.8. The van der Waals surface area contributed by atoms with Gasteiger partial charge in [-0.3, -0.25) is 0 Å². The Morgan fingerprint density at radius 1 is 0.627 bits per heavy atom. The van der Waals surface area contributed by atoms with Gasteiger partial charge in [-0.15, -0.1) is 0 Å². The maximum Gasteiger partial charge on any atom is -1.00 e. The number of halogens is 8. The van der Waals surface area contributed by atoms with Crippen molar-refractivity contribution in [3.05, 3.63) is 150 Å². The molecule has 2 aliphatic carbocycles. The molecule has 2 aliphatic rings. The number of hydrogen-bond donors (Lipinski definition) is 0. The monoisotopic (exact) mass is 818 g/mol. The molecule has 0 spiro atoms. The van der Waals surface area contributed by atoms with E-state index >= 15 is 0 Å². The zero-order valence-electron chi connectivity index (χ0n) is 29.5. The van der Waals surface area contributed by atoms with Crippen molar-refractivity contribution in [3.63, 3.8) is 0 Å². The number of alkyl halides is 6. The Morgan fingerprint density at radius 2 is 1.04 bits per heavy atom. The van der Waals surface area contributed by atoms with Crippen molar-refractivity contribution in [2.24, 2.45) is 17.3 Å². The van der Waals surface area contributed by atoms with Crippen LogP contribution in [0.2, 0.25) is 0 Å². The molecule has 1 atom stereocenters. The summed E-state index contributed by atoms with van der Waals surface area (Å²) in [6, 6.07) is 23.5.